The maximum absolute atomic E-state index is 11.3. The molecule has 1 atom stereocenters. The Labute approximate surface area is 89.2 Å². The van der Waals surface area contributed by atoms with E-state index in [0.717, 1.165) is 19.3 Å². The van der Waals surface area contributed by atoms with E-state index in [2.05, 4.69) is 10.6 Å². The van der Waals surface area contributed by atoms with E-state index in [1.165, 1.54) is 0 Å². The molecular formula is C10H18N2O3. The van der Waals surface area contributed by atoms with E-state index in [0.29, 0.717) is 12.5 Å². The van der Waals surface area contributed by atoms with Gasteiger partial charge < -0.3 is 15.7 Å². The number of carboxylic acids is 1. The third-order valence-electron chi connectivity index (χ3n) is 2.44. The van der Waals surface area contributed by atoms with Crippen LogP contribution in [0.4, 0.5) is 4.79 Å². The van der Waals surface area contributed by atoms with Gasteiger partial charge in [-0.2, -0.15) is 0 Å². The van der Waals surface area contributed by atoms with Gasteiger partial charge in [0, 0.05) is 12.6 Å². The number of hydrogen-bond acceptors (Lipinski definition) is 2. The second-order valence-electron chi connectivity index (χ2n) is 3.94. The number of aliphatic carboxylic acids is 1. The predicted octanol–water partition coefficient (Wildman–Crippen LogP) is 0.949. The number of carboxylic acid groups (broad SMARTS) is 1. The normalized spacial score (nSPS) is 16.9. The van der Waals surface area contributed by atoms with Crippen LogP contribution in [-0.4, -0.2) is 29.7 Å². The van der Waals surface area contributed by atoms with E-state index in [1.54, 1.807) is 0 Å². The molecule has 0 aromatic heterocycles. The smallest absolute Gasteiger partial charge is 0.315 e. The van der Waals surface area contributed by atoms with Crippen molar-refractivity contribution in [2.75, 3.05) is 6.54 Å². The summed E-state index contributed by atoms with van der Waals surface area (Å²) in [6.07, 6.45) is 2.93. The topological polar surface area (TPSA) is 78.4 Å². The first kappa shape index (κ1) is 11.8. The average molecular weight is 214 g/mol. The molecule has 0 saturated heterocycles. The van der Waals surface area contributed by atoms with Crippen molar-refractivity contribution < 1.29 is 14.7 Å². The molecule has 0 spiro atoms. The van der Waals surface area contributed by atoms with Gasteiger partial charge in [0.2, 0.25) is 0 Å². The van der Waals surface area contributed by atoms with E-state index in [-0.39, 0.29) is 18.5 Å². The van der Waals surface area contributed by atoms with Crippen molar-refractivity contribution in [3.05, 3.63) is 0 Å². The van der Waals surface area contributed by atoms with Crippen molar-refractivity contribution in [2.45, 2.75) is 38.6 Å². The Bertz CT molecular complexity index is 239. The average Bonchev–Trinajstić information content (AvgIpc) is 2.96. The highest BCUT2D eigenvalue weighted by atomic mass is 16.4. The minimum absolute atomic E-state index is 0.0181. The first-order valence-electron chi connectivity index (χ1n) is 5.39. The van der Waals surface area contributed by atoms with Gasteiger partial charge in [0.1, 0.15) is 0 Å². The summed E-state index contributed by atoms with van der Waals surface area (Å²) in [7, 11) is 0. The Morgan fingerprint density at radius 3 is 2.60 bits per heavy atom. The van der Waals surface area contributed by atoms with Crippen molar-refractivity contribution in [2.24, 2.45) is 5.92 Å². The molecule has 3 N–H and O–H groups in total. The Hall–Kier alpha value is -1.26. The van der Waals surface area contributed by atoms with Crippen molar-refractivity contribution in [1.29, 1.82) is 0 Å². The fraction of sp³-hybridized carbons (Fsp3) is 0.800. The van der Waals surface area contributed by atoms with E-state index < -0.39 is 5.97 Å². The highest BCUT2D eigenvalue weighted by Crippen LogP contribution is 2.33. The lowest BCUT2D eigenvalue weighted by atomic mass is 10.1. The standard InChI is InChI=1S/C10H18N2O3/c1-2-5-11-10(15)12-8(6-9(13)14)7-3-4-7/h7-8H,2-6H2,1H3,(H,13,14)(H2,11,12,15). The molecule has 0 heterocycles. The lowest BCUT2D eigenvalue weighted by Crippen LogP contribution is -2.44. The molecule has 2 amide bonds. The van der Waals surface area contributed by atoms with Crippen LogP contribution in [0.5, 0.6) is 0 Å². The van der Waals surface area contributed by atoms with Gasteiger partial charge in [-0.05, 0) is 25.2 Å². The Balaban J connectivity index is 2.30. The molecule has 15 heavy (non-hydrogen) atoms. The van der Waals surface area contributed by atoms with Crippen LogP contribution < -0.4 is 10.6 Å². The van der Waals surface area contributed by atoms with Gasteiger partial charge in [-0.3, -0.25) is 4.79 Å². The second-order valence-corrected chi connectivity index (χ2v) is 3.94. The van der Waals surface area contributed by atoms with Crippen LogP contribution in [-0.2, 0) is 4.79 Å². The van der Waals surface area contributed by atoms with E-state index in [4.69, 9.17) is 5.11 Å². The molecule has 1 fully saturated rings. The number of carbonyl (C=O) groups is 2. The molecule has 5 nitrogen and oxygen atoms in total. The fourth-order valence-corrected chi connectivity index (χ4v) is 1.48. The zero-order valence-electron chi connectivity index (χ0n) is 8.95. The summed E-state index contributed by atoms with van der Waals surface area (Å²) in [5.41, 5.74) is 0. The summed E-state index contributed by atoms with van der Waals surface area (Å²) in [5.74, 6) is -0.504. The van der Waals surface area contributed by atoms with Crippen LogP contribution >= 0.6 is 0 Å². The van der Waals surface area contributed by atoms with Crippen molar-refractivity contribution >= 4 is 12.0 Å². The van der Waals surface area contributed by atoms with E-state index in [9.17, 15) is 9.59 Å². The SMILES string of the molecule is CCCNC(=O)NC(CC(=O)O)C1CC1. The van der Waals surface area contributed by atoms with Gasteiger partial charge >= 0.3 is 12.0 Å². The van der Waals surface area contributed by atoms with Gasteiger partial charge in [-0.1, -0.05) is 6.92 Å². The van der Waals surface area contributed by atoms with Crippen LogP contribution in [0.15, 0.2) is 0 Å². The minimum atomic E-state index is -0.859. The highest BCUT2D eigenvalue weighted by molar-refractivity contribution is 5.75. The van der Waals surface area contributed by atoms with Crippen LogP contribution in [0.3, 0.4) is 0 Å². The van der Waals surface area contributed by atoms with Gasteiger partial charge in [0.05, 0.1) is 6.42 Å². The Morgan fingerprint density at radius 2 is 2.13 bits per heavy atom. The monoisotopic (exact) mass is 214 g/mol. The highest BCUT2D eigenvalue weighted by Gasteiger charge is 2.33. The molecule has 1 unspecified atom stereocenters. The van der Waals surface area contributed by atoms with Crippen LogP contribution in [0, 0.1) is 5.92 Å². The molecule has 5 heteroatoms. The largest absolute Gasteiger partial charge is 0.481 e. The summed E-state index contributed by atoms with van der Waals surface area (Å²) in [6.45, 7) is 2.59. The van der Waals surface area contributed by atoms with E-state index >= 15 is 0 Å². The molecule has 1 saturated carbocycles. The van der Waals surface area contributed by atoms with Crippen LogP contribution in [0.2, 0.25) is 0 Å². The number of amides is 2. The third kappa shape index (κ3) is 4.67. The van der Waals surface area contributed by atoms with Crippen molar-refractivity contribution in [1.82, 2.24) is 10.6 Å². The molecular weight excluding hydrogens is 196 g/mol. The first-order valence-corrected chi connectivity index (χ1v) is 5.39. The van der Waals surface area contributed by atoms with Gasteiger partial charge in [-0.25, -0.2) is 4.79 Å². The summed E-state index contributed by atoms with van der Waals surface area (Å²) >= 11 is 0. The summed E-state index contributed by atoms with van der Waals surface area (Å²) in [5, 5.41) is 14.1. The van der Waals surface area contributed by atoms with Crippen LogP contribution in [0.1, 0.15) is 32.6 Å². The molecule has 1 aliphatic carbocycles. The zero-order chi connectivity index (χ0) is 11.3. The predicted molar refractivity (Wildman–Crippen MR) is 55.6 cm³/mol. The van der Waals surface area contributed by atoms with Gasteiger partial charge in [0.15, 0.2) is 0 Å². The fourth-order valence-electron chi connectivity index (χ4n) is 1.48. The number of urea groups is 1. The zero-order valence-corrected chi connectivity index (χ0v) is 8.95. The molecule has 1 rings (SSSR count). The molecule has 0 aromatic carbocycles. The molecule has 0 aliphatic heterocycles. The third-order valence-corrected chi connectivity index (χ3v) is 2.44. The van der Waals surface area contributed by atoms with Crippen molar-refractivity contribution in [3.8, 4) is 0 Å². The maximum Gasteiger partial charge on any atom is 0.315 e. The maximum atomic E-state index is 11.3. The number of nitrogens with one attached hydrogen (secondary N) is 2. The van der Waals surface area contributed by atoms with E-state index in [1.807, 2.05) is 6.92 Å². The lowest BCUT2D eigenvalue weighted by molar-refractivity contribution is -0.137. The van der Waals surface area contributed by atoms with Gasteiger partial charge in [-0.15, -0.1) is 0 Å². The van der Waals surface area contributed by atoms with Gasteiger partial charge in [0.25, 0.3) is 0 Å². The number of hydrogen-bond donors (Lipinski definition) is 3. The number of rotatable bonds is 6. The molecule has 0 aromatic rings. The number of carbonyl (C=O) groups excluding carboxylic acids is 1. The first-order chi connectivity index (χ1) is 7.13. The summed E-state index contributed by atoms with van der Waals surface area (Å²) < 4.78 is 0. The molecule has 1 aliphatic rings. The summed E-state index contributed by atoms with van der Waals surface area (Å²) in [6, 6.07) is -0.464. The Kier molecular flexibility index (Phi) is 4.39. The molecule has 86 valence electrons. The van der Waals surface area contributed by atoms with Crippen molar-refractivity contribution in [3.63, 3.8) is 0 Å². The molecule has 0 bridgehead atoms. The minimum Gasteiger partial charge on any atom is -0.481 e. The molecule has 0 radical (unpaired) electrons. The Morgan fingerprint density at radius 1 is 1.47 bits per heavy atom. The lowest BCUT2D eigenvalue weighted by Gasteiger charge is -2.16. The van der Waals surface area contributed by atoms with Crippen LogP contribution in [0.25, 0.3) is 0 Å². The summed E-state index contributed by atoms with van der Waals surface area (Å²) in [4.78, 5) is 21.9. The quantitative estimate of drug-likeness (QED) is 0.616. The second kappa shape index (κ2) is 5.58.